The van der Waals surface area contributed by atoms with E-state index in [-0.39, 0.29) is 11.9 Å². The third-order valence-corrected chi connectivity index (χ3v) is 3.69. The second kappa shape index (κ2) is 6.52. The molecule has 0 bridgehead atoms. The number of nitrogens with one attached hydrogen (secondary N) is 2. The minimum atomic E-state index is -0.180. The summed E-state index contributed by atoms with van der Waals surface area (Å²) in [4.78, 5) is 20.0. The SMILES string of the molecule is COc1cccc(CC(=O)N[C@H](C)c2nc3ccccc3[nH]2)c1. The van der Waals surface area contributed by atoms with Crippen molar-refractivity contribution < 1.29 is 9.53 Å². The van der Waals surface area contributed by atoms with Crippen LogP contribution >= 0.6 is 0 Å². The lowest BCUT2D eigenvalue weighted by atomic mass is 10.1. The number of H-pyrrole nitrogens is 1. The van der Waals surface area contributed by atoms with E-state index >= 15 is 0 Å². The number of hydrogen-bond donors (Lipinski definition) is 2. The fourth-order valence-electron chi connectivity index (χ4n) is 2.51. The number of fused-ring (bicyclic) bond motifs is 1. The normalized spacial score (nSPS) is 12.1. The smallest absolute Gasteiger partial charge is 0.224 e. The molecule has 0 saturated heterocycles. The number of carbonyl (C=O) groups is 1. The lowest BCUT2D eigenvalue weighted by Gasteiger charge is -2.11. The molecule has 1 aromatic heterocycles. The molecule has 0 unspecified atom stereocenters. The molecule has 1 atom stereocenters. The first-order chi connectivity index (χ1) is 11.2. The molecule has 0 aliphatic carbocycles. The van der Waals surface area contributed by atoms with Crippen molar-refractivity contribution >= 4 is 16.9 Å². The van der Waals surface area contributed by atoms with E-state index < -0.39 is 0 Å². The number of imidazole rings is 1. The molecule has 5 heteroatoms. The Kier molecular flexibility index (Phi) is 4.28. The quantitative estimate of drug-likeness (QED) is 0.761. The van der Waals surface area contributed by atoms with Gasteiger partial charge in [-0.25, -0.2) is 4.98 Å². The third kappa shape index (κ3) is 3.51. The lowest BCUT2D eigenvalue weighted by molar-refractivity contribution is -0.121. The van der Waals surface area contributed by atoms with Crippen LogP contribution in [-0.4, -0.2) is 23.0 Å². The van der Waals surface area contributed by atoms with Crippen LogP contribution in [0, 0.1) is 0 Å². The number of amides is 1. The molecule has 0 saturated carbocycles. The average molecular weight is 309 g/mol. The molecule has 3 rings (SSSR count). The summed E-state index contributed by atoms with van der Waals surface area (Å²) >= 11 is 0. The van der Waals surface area contributed by atoms with Crippen LogP contribution in [-0.2, 0) is 11.2 Å². The number of ether oxygens (including phenoxy) is 1. The summed E-state index contributed by atoms with van der Waals surface area (Å²) in [5, 5.41) is 2.97. The van der Waals surface area contributed by atoms with Gasteiger partial charge in [-0.1, -0.05) is 24.3 Å². The van der Waals surface area contributed by atoms with Crippen LogP contribution in [0.2, 0.25) is 0 Å². The predicted octanol–water partition coefficient (Wildman–Crippen LogP) is 2.99. The molecule has 0 radical (unpaired) electrons. The number of methoxy groups -OCH3 is 1. The van der Waals surface area contributed by atoms with E-state index in [2.05, 4.69) is 15.3 Å². The van der Waals surface area contributed by atoms with Crippen LogP contribution < -0.4 is 10.1 Å². The second-order valence-corrected chi connectivity index (χ2v) is 5.46. The van der Waals surface area contributed by atoms with Gasteiger partial charge < -0.3 is 15.0 Å². The highest BCUT2D eigenvalue weighted by Gasteiger charge is 2.14. The topological polar surface area (TPSA) is 67.0 Å². The van der Waals surface area contributed by atoms with Crippen molar-refractivity contribution in [1.29, 1.82) is 0 Å². The second-order valence-electron chi connectivity index (χ2n) is 5.46. The maximum absolute atomic E-state index is 12.2. The van der Waals surface area contributed by atoms with Crippen molar-refractivity contribution in [2.75, 3.05) is 7.11 Å². The molecule has 0 fully saturated rings. The van der Waals surface area contributed by atoms with Gasteiger partial charge in [0.1, 0.15) is 11.6 Å². The highest BCUT2D eigenvalue weighted by Crippen LogP contribution is 2.16. The average Bonchev–Trinajstić information content (AvgIpc) is 2.99. The Labute approximate surface area is 134 Å². The molecular formula is C18H19N3O2. The van der Waals surface area contributed by atoms with Gasteiger partial charge in [0.15, 0.2) is 0 Å². The lowest BCUT2D eigenvalue weighted by Crippen LogP contribution is -2.28. The fraction of sp³-hybridized carbons (Fsp3) is 0.222. The maximum atomic E-state index is 12.2. The Bertz CT molecular complexity index is 793. The monoisotopic (exact) mass is 309 g/mol. The van der Waals surface area contributed by atoms with E-state index in [0.29, 0.717) is 6.42 Å². The zero-order chi connectivity index (χ0) is 16.2. The molecule has 3 aromatic rings. The largest absolute Gasteiger partial charge is 0.497 e. The number of benzene rings is 2. The Morgan fingerprint density at radius 2 is 2.09 bits per heavy atom. The summed E-state index contributed by atoms with van der Waals surface area (Å²) in [6.45, 7) is 1.92. The molecule has 5 nitrogen and oxygen atoms in total. The molecule has 0 aliphatic heterocycles. The number of nitrogens with zero attached hydrogens (tertiary/aromatic N) is 1. The zero-order valence-electron chi connectivity index (χ0n) is 13.2. The van der Waals surface area contributed by atoms with Gasteiger partial charge in [0.2, 0.25) is 5.91 Å². The number of aromatic nitrogens is 2. The van der Waals surface area contributed by atoms with Crippen LogP contribution in [0.25, 0.3) is 11.0 Å². The van der Waals surface area contributed by atoms with Gasteiger partial charge >= 0.3 is 0 Å². The summed E-state index contributed by atoms with van der Waals surface area (Å²) in [5.41, 5.74) is 2.78. The predicted molar refractivity (Wildman–Crippen MR) is 89.3 cm³/mol. The zero-order valence-corrected chi connectivity index (χ0v) is 13.2. The molecule has 2 aromatic carbocycles. The first-order valence-corrected chi connectivity index (χ1v) is 7.52. The highest BCUT2D eigenvalue weighted by molar-refractivity contribution is 5.79. The molecule has 2 N–H and O–H groups in total. The molecule has 23 heavy (non-hydrogen) atoms. The maximum Gasteiger partial charge on any atom is 0.224 e. The number of carbonyl (C=O) groups excluding carboxylic acids is 1. The third-order valence-electron chi connectivity index (χ3n) is 3.69. The summed E-state index contributed by atoms with van der Waals surface area (Å²) < 4.78 is 5.17. The number of hydrogen-bond acceptors (Lipinski definition) is 3. The molecular weight excluding hydrogens is 290 g/mol. The van der Waals surface area contributed by atoms with Crippen molar-refractivity contribution in [1.82, 2.24) is 15.3 Å². The summed E-state index contributed by atoms with van der Waals surface area (Å²) in [7, 11) is 1.61. The van der Waals surface area contributed by atoms with Gasteiger partial charge in [-0.15, -0.1) is 0 Å². The van der Waals surface area contributed by atoms with Crippen LogP contribution in [0.15, 0.2) is 48.5 Å². The standard InChI is InChI=1S/C18H19N3O2/c1-12(18-20-15-8-3-4-9-16(15)21-18)19-17(22)11-13-6-5-7-14(10-13)23-2/h3-10,12H,11H2,1-2H3,(H,19,22)(H,20,21)/t12-/m1/s1. The van der Waals surface area contributed by atoms with E-state index in [1.54, 1.807) is 7.11 Å². The minimum absolute atomic E-state index is 0.0498. The summed E-state index contributed by atoms with van der Waals surface area (Å²) in [6.07, 6.45) is 0.307. The van der Waals surface area contributed by atoms with Crippen molar-refractivity contribution in [3.05, 3.63) is 59.9 Å². The van der Waals surface area contributed by atoms with Gasteiger partial charge in [-0.2, -0.15) is 0 Å². The molecule has 118 valence electrons. The molecule has 1 heterocycles. The Hall–Kier alpha value is -2.82. The van der Waals surface area contributed by atoms with Crippen molar-refractivity contribution in [2.45, 2.75) is 19.4 Å². The van der Waals surface area contributed by atoms with E-state index in [4.69, 9.17) is 4.74 Å². The van der Waals surface area contributed by atoms with E-state index in [0.717, 1.165) is 28.2 Å². The minimum Gasteiger partial charge on any atom is -0.497 e. The Morgan fingerprint density at radius 1 is 1.26 bits per heavy atom. The van der Waals surface area contributed by atoms with E-state index in [1.165, 1.54) is 0 Å². The van der Waals surface area contributed by atoms with Gasteiger partial charge in [0, 0.05) is 0 Å². The summed E-state index contributed by atoms with van der Waals surface area (Å²) in [5.74, 6) is 1.46. The van der Waals surface area contributed by atoms with Crippen LogP contribution in [0.4, 0.5) is 0 Å². The number of para-hydroxylation sites is 2. The van der Waals surface area contributed by atoms with Crippen LogP contribution in [0.5, 0.6) is 5.75 Å². The van der Waals surface area contributed by atoms with Crippen molar-refractivity contribution in [3.63, 3.8) is 0 Å². The highest BCUT2D eigenvalue weighted by atomic mass is 16.5. The Balaban J connectivity index is 1.66. The number of aromatic amines is 1. The van der Waals surface area contributed by atoms with E-state index in [1.807, 2.05) is 55.5 Å². The molecule has 0 aliphatic rings. The van der Waals surface area contributed by atoms with Crippen LogP contribution in [0.1, 0.15) is 24.4 Å². The van der Waals surface area contributed by atoms with Crippen molar-refractivity contribution in [3.8, 4) is 5.75 Å². The molecule has 0 spiro atoms. The van der Waals surface area contributed by atoms with Gasteiger partial charge in [-0.05, 0) is 36.8 Å². The van der Waals surface area contributed by atoms with Gasteiger partial charge in [-0.3, -0.25) is 4.79 Å². The van der Waals surface area contributed by atoms with Gasteiger partial charge in [0.25, 0.3) is 0 Å². The summed E-state index contributed by atoms with van der Waals surface area (Å²) in [6, 6.07) is 15.1. The van der Waals surface area contributed by atoms with Gasteiger partial charge in [0.05, 0.1) is 30.6 Å². The van der Waals surface area contributed by atoms with Crippen molar-refractivity contribution in [2.24, 2.45) is 0 Å². The number of rotatable bonds is 5. The Morgan fingerprint density at radius 3 is 2.87 bits per heavy atom. The first-order valence-electron chi connectivity index (χ1n) is 7.52. The first kappa shape index (κ1) is 15.1. The molecule has 1 amide bonds. The van der Waals surface area contributed by atoms with E-state index in [9.17, 15) is 4.79 Å². The fourth-order valence-corrected chi connectivity index (χ4v) is 2.51. The van der Waals surface area contributed by atoms with Crippen LogP contribution in [0.3, 0.4) is 0 Å².